The number of hydrogen-bond acceptors (Lipinski definition) is 4. The van der Waals surface area contributed by atoms with E-state index in [1.807, 2.05) is 11.9 Å². The summed E-state index contributed by atoms with van der Waals surface area (Å²) in [4.78, 5) is 10.5. The second-order valence-corrected chi connectivity index (χ2v) is 8.99. The van der Waals surface area contributed by atoms with Crippen LogP contribution in [-0.2, 0) is 0 Å². The summed E-state index contributed by atoms with van der Waals surface area (Å²) < 4.78 is 0. The van der Waals surface area contributed by atoms with E-state index in [9.17, 15) is 0 Å². The van der Waals surface area contributed by atoms with E-state index < -0.39 is 8.07 Å². The normalized spacial score (nSPS) is 18.8. The van der Waals surface area contributed by atoms with Crippen LogP contribution in [0.15, 0.2) is 9.98 Å². The van der Waals surface area contributed by atoms with Gasteiger partial charge in [0.25, 0.3) is 0 Å². The van der Waals surface area contributed by atoms with Crippen LogP contribution < -0.4 is 5.73 Å². The predicted molar refractivity (Wildman–Crippen MR) is 55.0 cm³/mol. The number of guanidine groups is 1. The summed E-state index contributed by atoms with van der Waals surface area (Å²) in [6.45, 7) is 7.30. The fraction of sp³-hybridized carbons (Fsp3) is 0.714. The minimum Gasteiger partial charge on any atom is -0.369 e. The first-order valence-electron chi connectivity index (χ1n) is 4.01. The third kappa shape index (κ3) is 1.85. The van der Waals surface area contributed by atoms with Crippen molar-refractivity contribution in [1.29, 1.82) is 0 Å². The van der Waals surface area contributed by atoms with Crippen LogP contribution in [0, 0.1) is 0 Å². The summed E-state index contributed by atoms with van der Waals surface area (Å²) in [6, 6.07) is 0. The number of nitrogens with two attached hydrogens (primary N) is 1. The highest BCUT2D eigenvalue weighted by Crippen LogP contribution is 2.08. The molecule has 1 aliphatic rings. The summed E-state index contributed by atoms with van der Waals surface area (Å²) in [5.41, 5.74) is 6.65. The molecule has 1 rings (SSSR count). The van der Waals surface area contributed by atoms with Gasteiger partial charge in [0, 0.05) is 7.05 Å². The maximum Gasteiger partial charge on any atom is 0.198 e. The highest BCUT2D eigenvalue weighted by molar-refractivity contribution is 7.04. The van der Waals surface area contributed by atoms with Crippen molar-refractivity contribution in [3.05, 3.63) is 0 Å². The molecule has 1 aliphatic heterocycles. The molecule has 0 aliphatic carbocycles. The van der Waals surface area contributed by atoms with Gasteiger partial charge in [-0.1, -0.05) is 19.6 Å². The number of rotatable bonds is 1. The van der Waals surface area contributed by atoms with Gasteiger partial charge in [0.1, 0.15) is 20.2 Å². The molecule has 0 saturated carbocycles. The molecule has 0 radical (unpaired) electrons. The van der Waals surface area contributed by atoms with Crippen molar-refractivity contribution < 1.29 is 0 Å². The van der Waals surface area contributed by atoms with Gasteiger partial charge < -0.3 is 10.6 Å². The molecular weight excluding hydrogens is 168 g/mol. The van der Waals surface area contributed by atoms with Crippen molar-refractivity contribution in [3.8, 4) is 0 Å². The van der Waals surface area contributed by atoms with Gasteiger partial charge in [0.05, 0.1) is 0 Å². The lowest BCUT2D eigenvalue weighted by Gasteiger charge is -2.25. The molecular formula is C7H16N4Si. The van der Waals surface area contributed by atoms with Gasteiger partial charge >= 0.3 is 0 Å². The van der Waals surface area contributed by atoms with Crippen molar-refractivity contribution in [2.24, 2.45) is 15.7 Å². The van der Waals surface area contributed by atoms with Gasteiger partial charge in [-0.2, -0.15) is 0 Å². The van der Waals surface area contributed by atoms with Crippen LogP contribution in [-0.4, -0.2) is 38.1 Å². The third-order valence-electron chi connectivity index (χ3n) is 1.71. The van der Waals surface area contributed by atoms with Crippen LogP contribution in [0.1, 0.15) is 0 Å². The van der Waals surface area contributed by atoms with Crippen LogP contribution in [0.4, 0.5) is 0 Å². The predicted octanol–water partition coefficient (Wildman–Crippen LogP) is 0.480. The van der Waals surface area contributed by atoms with E-state index in [4.69, 9.17) is 5.73 Å². The zero-order valence-electron chi connectivity index (χ0n) is 8.13. The second kappa shape index (κ2) is 2.89. The van der Waals surface area contributed by atoms with Gasteiger partial charge in [0.2, 0.25) is 0 Å². The molecule has 68 valence electrons. The topological polar surface area (TPSA) is 54.0 Å². The minimum absolute atomic E-state index is 0.586. The molecule has 0 aromatic heterocycles. The zero-order valence-corrected chi connectivity index (χ0v) is 9.13. The third-order valence-corrected chi connectivity index (χ3v) is 3.33. The smallest absolute Gasteiger partial charge is 0.198 e. The summed E-state index contributed by atoms with van der Waals surface area (Å²) in [5, 5.41) is 0. The summed E-state index contributed by atoms with van der Waals surface area (Å²) in [7, 11) is 0.520. The largest absolute Gasteiger partial charge is 0.369 e. The molecule has 0 saturated heterocycles. The first-order valence-corrected chi connectivity index (χ1v) is 7.51. The van der Waals surface area contributed by atoms with Crippen molar-refractivity contribution >= 4 is 19.5 Å². The highest BCUT2D eigenvalue weighted by atomic mass is 28.3. The molecule has 4 nitrogen and oxygen atoms in total. The summed E-state index contributed by atoms with van der Waals surface area (Å²) in [5.74, 6) is 0.586. The average Bonchev–Trinajstić information content (AvgIpc) is 1.92. The summed E-state index contributed by atoms with van der Waals surface area (Å²) >= 11 is 0. The first kappa shape index (κ1) is 9.25. The van der Waals surface area contributed by atoms with Crippen molar-refractivity contribution in [3.63, 3.8) is 0 Å². The van der Waals surface area contributed by atoms with Gasteiger partial charge in [-0.15, -0.1) is 0 Å². The second-order valence-electron chi connectivity index (χ2n) is 4.04. The Kier molecular flexibility index (Phi) is 2.23. The Bertz CT molecular complexity index is 238. The Morgan fingerprint density at radius 3 is 2.42 bits per heavy atom. The van der Waals surface area contributed by atoms with Gasteiger partial charge in [-0.05, 0) is 0 Å². The Labute approximate surface area is 74.2 Å². The standard InChI is InChI=1S/C7H16N4Si/c1-11-5-9-7(10-6(11)8)12(2,3)4/h5H2,1-4H3,(H2,8,9,10). The molecule has 0 aromatic carbocycles. The molecule has 0 unspecified atom stereocenters. The van der Waals surface area contributed by atoms with E-state index in [1.54, 1.807) is 0 Å². The van der Waals surface area contributed by atoms with Crippen molar-refractivity contribution in [2.75, 3.05) is 13.7 Å². The van der Waals surface area contributed by atoms with Crippen LogP contribution in [0.25, 0.3) is 0 Å². The number of aliphatic imine (C=N–C) groups is 2. The number of amidine groups is 1. The Morgan fingerprint density at radius 1 is 1.42 bits per heavy atom. The molecule has 0 atom stereocenters. The monoisotopic (exact) mass is 184 g/mol. The average molecular weight is 184 g/mol. The van der Waals surface area contributed by atoms with E-state index in [1.165, 1.54) is 0 Å². The van der Waals surface area contributed by atoms with Gasteiger partial charge in [0.15, 0.2) is 5.96 Å². The van der Waals surface area contributed by atoms with Crippen molar-refractivity contribution in [2.45, 2.75) is 19.6 Å². The Balaban J connectivity index is 2.85. The molecule has 0 aromatic rings. The van der Waals surface area contributed by atoms with E-state index in [0.29, 0.717) is 12.6 Å². The molecule has 1 heterocycles. The molecule has 5 heteroatoms. The van der Waals surface area contributed by atoms with Crippen LogP contribution in [0.3, 0.4) is 0 Å². The van der Waals surface area contributed by atoms with E-state index in [0.717, 1.165) is 5.46 Å². The highest BCUT2D eigenvalue weighted by Gasteiger charge is 2.24. The quantitative estimate of drug-likeness (QED) is 0.603. The Morgan fingerprint density at radius 2 is 2.00 bits per heavy atom. The van der Waals surface area contributed by atoms with Gasteiger partial charge in [-0.3, -0.25) is 4.99 Å². The lowest BCUT2D eigenvalue weighted by Crippen LogP contribution is -2.43. The molecule has 0 amide bonds. The molecule has 0 spiro atoms. The molecule has 0 fully saturated rings. The maximum absolute atomic E-state index is 5.68. The first-order chi connectivity index (χ1) is 5.41. The fourth-order valence-corrected chi connectivity index (χ4v) is 1.87. The SMILES string of the molecule is CN1CN=C([Si](C)(C)C)N=C1N. The number of hydrogen-bond donors (Lipinski definition) is 1. The van der Waals surface area contributed by atoms with E-state index in [2.05, 4.69) is 29.6 Å². The fourth-order valence-electron chi connectivity index (χ4n) is 0.880. The van der Waals surface area contributed by atoms with Crippen molar-refractivity contribution in [1.82, 2.24) is 4.90 Å². The lowest BCUT2D eigenvalue weighted by atomic mass is 10.7. The minimum atomic E-state index is -1.37. The molecule has 0 bridgehead atoms. The van der Waals surface area contributed by atoms with Gasteiger partial charge in [-0.25, -0.2) is 4.99 Å². The molecule has 2 N–H and O–H groups in total. The maximum atomic E-state index is 5.68. The number of nitrogens with zero attached hydrogens (tertiary/aromatic N) is 3. The summed E-state index contributed by atoms with van der Waals surface area (Å²) in [6.07, 6.45) is 0. The van der Waals surface area contributed by atoms with Crippen LogP contribution >= 0.6 is 0 Å². The Hall–Kier alpha value is -0.843. The van der Waals surface area contributed by atoms with E-state index >= 15 is 0 Å². The lowest BCUT2D eigenvalue weighted by molar-refractivity contribution is 0.511. The van der Waals surface area contributed by atoms with Crippen LogP contribution in [0.2, 0.25) is 19.6 Å². The van der Waals surface area contributed by atoms with E-state index in [-0.39, 0.29) is 0 Å². The molecule has 12 heavy (non-hydrogen) atoms. The zero-order chi connectivity index (χ0) is 9.35. The van der Waals surface area contributed by atoms with Crippen LogP contribution in [0.5, 0.6) is 0 Å².